The molecule has 6 rings (SSSR count). The number of phenols is 2. The third-order valence-electron chi connectivity index (χ3n) is 6.19. The maximum absolute atomic E-state index is 10.4. The van der Waals surface area contributed by atoms with Crippen LogP contribution < -0.4 is 0 Å². The minimum Gasteiger partial charge on any atom is -0.508 e. The topological polar surface area (TPSA) is 74.8 Å². The molecule has 0 spiro atoms. The summed E-state index contributed by atoms with van der Waals surface area (Å²) in [7, 11) is 0. The van der Waals surface area contributed by atoms with E-state index in [1.807, 2.05) is 60.7 Å². The van der Waals surface area contributed by atoms with Crippen molar-refractivity contribution in [3.8, 4) is 11.5 Å². The maximum Gasteiger partial charge on any atom is 0.122 e. The molecule has 156 valence electrons. The third-order valence-corrected chi connectivity index (χ3v) is 6.19. The molecule has 2 saturated heterocycles. The molecule has 31 heavy (non-hydrogen) atoms. The van der Waals surface area contributed by atoms with Gasteiger partial charge in [0.2, 0.25) is 0 Å². The lowest BCUT2D eigenvalue weighted by molar-refractivity contribution is 0.102. The van der Waals surface area contributed by atoms with Gasteiger partial charge in [-0.3, -0.25) is 0 Å². The summed E-state index contributed by atoms with van der Waals surface area (Å²) in [5.74, 6) is 0.506. The van der Waals surface area contributed by atoms with Crippen molar-refractivity contribution in [1.82, 2.24) is 0 Å². The van der Waals surface area contributed by atoms with Gasteiger partial charge >= 0.3 is 0 Å². The van der Waals surface area contributed by atoms with E-state index in [0.717, 1.165) is 32.7 Å². The average Bonchev–Trinajstić information content (AvgIpc) is 3.71. The Bertz CT molecular complexity index is 1180. The van der Waals surface area contributed by atoms with Crippen LogP contribution in [0.1, 0.15) is 23.3 Å². The van der Waals surface area contributed by atoms with E-state index in [1.54, 1.807) is 12.1 Å². The molecule has 2 aliphatic rings. The minimum absolute atomic E-state index is 0.0835. The molecule has 0 aromatic heterocycles. The van der Waals surface area contributed by atoms with Crippen molar-refractivity contribution in [3.05, 3.63) is 83.9 Å². The van der Waals surface area contributed by atoms with Gasteiger partial charge in [0.1, 0.15) is 35.9 Å². The van der Waals surface area contributed by atoms with Gasteiger partial charge in [-0.25, -0.2) is 0 Å². The number of phenolic OH excluding ortho intramolecular Hbond substituents is 2. The fourth-order valence-corrected chi connectivity index (χ4v) is 4.51. The standard InChI is InChI=1S/C26H22O5/c27-19-11-9-15-5-1-3-7-17(15)23(19)25-21(30-25)13-29-14-22-26(31-22)24-18-8-4-2-6-16(18)10-12-20(24)28/h1-12,21-22,25-28H,13-14H2. The van der Waals surface area contributed by atoms with Crippen molar-refractivity contribution in [3.63, 3.8) is 0 Å². The van der Waals surface area contributed by atoms with E-state index in [-0.39, 0.29) is 35.9 Å². The maximum atomic E-state index is 10.4. The fraction of sp³-hybridized carbons (Fsp3) is 0.231. The molecule has 5 nitrogen and oxygen atoms in total. The molecule has 0 radical (unpaired) electrons. The Morgan fingerprint density at radius 3 is 1.55 bits per heavy atom. The molecule has 2 aliphatic heterocycles. The van der Waals surface area contributed by atoms with Crippen LogP contribution in [0.2, 0.25) is 0 Å². The Labute approximate surface area is 179 Å². The molecule has 0 bridgehead atoms. The van der Waals surface area contributed by atoms with Gasteiger partial charge in [0.15, 0.2) is 0 Å². The van der Waals surface area contributed by atoms with Crippen LogP contribution >= 0.6 is 0 Å². The van der Waals surface area contributed by atoms with Crippen LogP contribution in [0, 0.1) is 0 Å². The van der Waals surface area contributed by atoms with Gasteiger partial charge in [0, 0.05) is 11.1 Å². The molecule has 4 aromatic carbocycles. The predicted octanol–water partition coefficient (Wildman–Crippen LogP) is 5.00. The zero-order valence-corrected chi connectivity index (χ0v) is 16.8. The van der Waals surface area contributed by atoms with Crippen molar-refractivity contribution in [2.45, 2.75) is 24.4 Å². The Morgan fingerprint density at radius 1 is 0.613 bits per heavy atom. The van der Waals surface area contributed by atoms with Crippen LogP contribution in [-0.4, -0.2) is 35.6 Å². The first-order chi connectivity index (χ1) is 15.2. The monoisotopic (exact) mass is 414 g/mol. The van der Waals surface area contributed by atoms with Gasteiger partial charge in [-0.15, -0.1) is 0 Å². The van der Waals surface area contributed by atoms with E-state index >= 15 is 0 Å². The van der Waals surface area contributed by atoms with Crippen molar-refractivity contribution < 1.29 is 24.4 Å². The molecule has 0 saturated carbocycles. The average molecular weight is 414 g/mol. The molecular formula is C26H22O5. The first-order valence-corrected chi connectivity index (χ1v) is 10.5. The van der Waals surface area contributed by atoms with Gasteiger partial charge in [0.05, 0.1) is 13.2 Å². The minimum atomic E-state index is -0.163. The molecule has 5 heteroatoms. The van der Waals surface area contributed by atoms with Crippen molar-refractivity contribution >= 4 is 21.5 Å². The summed E-state index contributed by atoms with van der Waals surface area (Å²) in [5.41, 5.74) is 1.65. The fourth-order valence-electron chi connectivity index (χ4n) is 4.51. The van der Waals surface area contributed by atoms with Gasteiger partial charge in [-0.05, 0) is 33.7 Å². The first-order valence-electron chi connectivity index (χ1n) is 10.5. The number of rotatable bonds is 6. The summed E-state index contributed by atoms with van der Waals surface area (Å²) in [6.45, 7) is 0.864. The predicted molar refractivity (Wildman–Crippen MR) is 117 cm³/mol. The zero-order valence-electron chi connectivity index (χ0n) is 16.8. The molecular weight excluding hydrogens is 392 g/mol. The van der Waals surface area contributed by atoms with E-state index in [2.05, 4.69) is 0 Å². The molecule has 4 aromatic rings. The van der Waals surface area contributed by atoms with Gasteiger partial charge < -0.3 is 24.4 Å². The highest BCUT2D eigenvalue weighted by Gasteiger charge is 2.45. The lowest BCUT2D eigenvalue weighted by atomic mass is 9.99. The summed E-state index contributed by atoms with van der Waals surface area (Å²) in [6.07, 6.45) is -0.493. The third kappa shape index (κ3) is 3.31. The number of epoxide rings is 2. The highest BCUT2D eigenvalue weighted by molar-refractivity contribution is 5.89. The van der Waals surface area contributed by atoms with Crippen LogP contribution in [0.4, 0.5) is 0 Å². The Morgan fingerprint density at radius 2 is 1.06 bits per heavy atom. The van der Waals surface area contributed by atoms with Gasteiger partial charge in [-0.2, -0.15) is 0 Å². The van der Waals surface area contributed by atoms with E-state index < -0.39 is 0 Å². The summed E-state index contributed by atoms with van der Waals surface area (Å²) >= 11 is 0. The Hall–Kier alpha value is -3.12. The Kier molecular flexibility index (Phi) is 4.35. The highest BCUT2D eigenvalue weighted by atomic mass is 16.6. The second-order valence-corrected chi connectivity index (χ2v) is 8.17. The lowest BCUT2D eigenvalue weighted by Gasteiger charge is -2.07. The van der Waals surface area contributed by atoms with Gasteiger partial charge in [0.25, 0.3) is 0 Å². The van der Waals surface area contributed by atoms with E-state index in [9.17, 15) is 10.2 Å². The second-order valence-electron chi connectivity index (χ2n) is 8.17. The van der Waals surface area contributed by atoms with E-state index in [1.165, 1.54) is 0 Å². The zero-order chi connectivity index (χ0) is 20.9. The number of hydrogen-bond acceptors (Lipinski definition) is 5. The van der Waals surface area contributed by atoms with Crippen molar-refractivity contribution in [2.24, 2.45) is 0 Å². The van der Waals surface area contributed by atoms with Crippen LogP contribution in [0.3, 0.4) is 0 Å². The van der Waals surface area contributed by atoms with Crippen LogP contribution in [0.25, 0.3) is 21.5 Å². The van der Waals surface area contributed by atoms with E-state index in [4.69, 9.17) is 14.2 Å². The molecule has 0 aliphatic carbocycles. The van der Waals surface area contributed by atoms with Crippen LogP contribution in [0.5, 0.6) is 11.5 Å². The number of fused-ring (bicyclic) bond motifs is 2. The van der Waals surface area contributed by atoms with Crippen LogP contribution in [-0.2, 0) is 14.2 Å². The lowest BCUT2D eigenvalue weighted by Crippen LogP contribution is -2.08. The summed E-state index contributed by atoms with van der Waals surface area (Å²) in [4.78, 5) is 0. The molecule has 2 fully saturated rings. The van der Waals surface area contributed by atoms with E-state index in [0.29, 0.717) is 13.2 Å². The van der Waals surface area contributed by atoms with Crippen molar-refractivity contribution in [1.29, 1.82) is 0 Å². The second kappa shape index (κ2) is 7.24. The van der Waals surface area contributed by atoms with Gasteiger partial charge in [-0.1, -0.05) is 60.7 Å². The summed E-state index contributed by atoms with van der Waals surface area (Å²) in [6, 6.07) is 23.2. The summed E-state index contributed by atoms with van der Waals surface area (Å²) in [5, 5.41) is 24.9. The largest absolute Gasteiger partial charge is 0.508 e. The molecule has 4 atom stereocenters. The number of aromatic hydroxyl groups is 2. The first kappa shape index (κ1) is 18.6. The molecule has 4 unspecified atom stereocenters. The van der Waals surface area contributed by atoms with Crippen LogP contribution in [0.15, 0.2) is 72.8 Å². The number of hydrogen-bond donors (Lipinski definition) is 2. The smallest absolute Gasteiger partial charge is 0.122 e. The number of ether oxygens (including phenoxy) is 3. The normalized spacial score (nSPS) is 24.5. The summed E-state index contributed by atoms with van der Waals surface area (Å²) < 4.78 is 17.5. The molecule has 2 heterocycles. The molecule has 0 amide bonds. The number of benzene rings is 4. The Balaban J connectivity index is 1.10. The highest BCUT2D eigenvalue weighted by Crippen LogP contribution is 2.48. The molecule has 2 N–H and O–H groups in total. The quantitative estimate of drug-likeness (QED) is 0.434. The van der Waals surface area contributed by atoms with Crippen molar-refractivity contribution in [2.75, 3.05) is 13.2 Å². The SMILES string of the molecule is Oc1ccc2ccccc2c1C1OC1COCC1OC1c1c(O)ccc2ccccc12.